The van der Waals surface area contributed by atoms with Crippen molar-refractivity contribution < 1.29 is 13.2 Å². The molecule has 2 N–H and O–H groups in total. The summed E-state index contributed by atoms with van der Waals surface area (Å²) in [7, 11) is -3.84. The fraction of sp³-hybridized carbons (Fsp3) is 0.273. The van der Waals surface area contributed by atoms with Crippen LogP contribution in [-0.2, 0) is 10.0 Å². The Labute approximate surface area is 106 Å². The number of hydrogen-bond donors (Lipinski definition) is 1. The molecule has 4 nitrogen and oxygen atoms in total. The smallest absolute Gasteiger partial charge is 0.241 e. The van der Waals surface area contributed by atoms with Crippen molar-refractivity contribution in [3.05, 3.63) is 35.4 Å². The standard InChI is InChI=1S/C11H14ClNO3S/c1-8(2)5-6-16-10-4-3-9(12)7-11(10)17(13,14)15/h3-4,7H,1,5-6H2,2H3,(H2,13,14,15). The van der Waals surface area contributed by atoms with Gasteiger partial charge in [0, 0.05) is 11.4 Å². The molecule has 0 saturated heterocycles. The van der Waals surface area contributed by atoms with Gasteiger partial charge in [0.05, 0.1) is 6.61 Å². The van der Waals surface area contributed by atoms with E-state index in [9.17, 15) is 8.42 Å². The minimum Gasteiger partial charge on any atom is -0.492 e. The Morgan fingerprint density at radius 2 is 2.18 bits per heavy atom. The fourth-order valence-corrected chi connectivity index (χ4v) is 2.09. The van der Waals surface area contributed by atoms with E-state index in [-0.39, 0.29) is 10.6 Å². The molecule has 0 amide bonds. The predicted molar refractivity (Wildman–Crippen MR) is 67.8 cm³/mol. The van der Waals surface area contributed by atoms with E-state index in [1.54, 1.807) is 6.07 Å². The maximum Gasteiger partial charge on any atom is 0.241 e. The van der Waals surface area contributed by atoms with Gasteiger partial charge in [-0.3, -0.25) is 0 Å². The first-order valence-corrected chi connectivity index (χ1v) is 6.82. The molecule has 1 rings (SSSR count). The van der Waals surface area contributed by atoms with Crippen LogP contribution < -0.4 is 9.88 Å². The van der Waals surface area contributed by atoms with Gasteiger partial charge in [0.15, 0.2) is 0 Å². The number of ether oxygens (including phenoxy) is 1. The highest BCUT2D eigenvalue weighted by atomic mass is 35.5. The summed E-state index contributed by atoms with van der Waals surface area (Å²) >= 11 is 5.72. The summed E-state index contributed by atoms with van der Waals surface area (Å²) in [5.74, 6) is 0.207. The molecule has 17 heavy (non-hydrogen) atoms. The average Bonchev–Trinajstić information content (AvgIpc) is 2.18. The van der Waals surface area contributed by atoms with Crippen LogP contribution in [-0.4, -0.2) is 15.0 Å². The van der Waals surface area contributed by atoms with Gasteiger partial charge >= 0.3 is 0 Å². The molecule has 0 atom stereocenters. The number of benzene rings is 1. The average molecular weight is 276 g/mol. The summed E-state index contributed by atoms with van der Waals surface area (Å²) in [5, 5.41) is 5.37. The molecular weight excluding hydrogens is 262 g/mol. The number of hydrogen-bond acceptors (Lipinski definition) is 3. The van der Waals surface area contributed by atoms with Crippen LogP contribution >= 0.6 is 11.6 Å². The first-order valence-electron chi connectivity index (χ1n) is 4.90. The predicted octanol–water partition coefficient (Wildman–Crippen LogP) is 2.33. The van der Waals surface area contributed by atoms with Gasteiger partial charge in [0.25, 0.3) is 0 Å². The molecule has 0 spiro atoms. The fourth-order valence-electron chi connectivity index (χ4n) is 1.16. The minimum atomic E-state index is -3.84. The second-order valence-corrected chi connectivity index (χ2v) is 5.66. The summed E-state index contributed by atoms with van der Waals surface area (Å²) < 4.78 is 28.0. The van der Waals surface area contributed by atoms with Crippen molar-refractivity contribution in [2.24, 2.45) is 5.14 Å². The number of sulfonamides is 1. The first-order chi connectivity index (χ1) is 7.80. The molecule has 0 bridgehead atoms. The highest BCUT2D eigenvalue weighted by Gasteiger charge is 2.15. The van der Waals surface area contributed by atoms with Gasteiger partial charge in [-0.25, -0.2) is 13.6 Å². The number of halogens is 1. The second kappa shape index (κ2) is 5.53. The van der Waals surface area contributed by atoms with E-state index in [0.717, 1.165) is 5.57 Å². The van der Waals surface area contributed by atoms with E-state index in [4.69, 9.17) is 21.5 Å². The highest BCUT2D eigenvalue weighted by molar-refractivity contribution is 7.89. The molecule has 0 fully saturated rings. The molecule has 1 aromatic carbocycles. The lowest BCUT2D eigenvalue weighted by Crippen LogP contribution is -2.14. The Kier molecular flexibility index (Phi) is 4.56. The van der Waals surface area contributed by atoms with Gasteiger partial charge in [-0.05, 0) is 25.1 Å². The topological polar surface area (TPSA) is 69.4 Å². The summed E-state index contributed by atoms with van der Waals surface area (Å²) in [6.07, 6.45) is 0.646. The number of nitrogens with two attached hydrogens (primary N) is 1. The number of primary sulfonamides is 1. The van der Waals surface area contributed by atoms with Crippen molar-refractivity contribution in [2.75, 3.05) is 6.61 Å². The summed E-state index contributed by atoms with van der Waals surface area (Å²) in [4.78, 5) is -0.105. The van der Waals surface area contributed by atoms with Crippen molar-refractivity contribution in [3.8, 4) is 5.75 Å². The third-order valence-corrected chi connectivity index (χ3v) is 3.17. The minimum absolute atomic E-state index is 0.105. The van der Waals surface area contributed by atoms with Gasteiger partial charge in [0.1, 0.15) is 10.6 Å². The zero-order valence-electron chi connectivity index (χ0n) is 9.44. The van der Waals surface area contributed by atoms with E-state index in [1.807, 2.05) is 6.92 Å². The monoisotopic (exact) mass is 275 g/mol. The Bertz CT molecular complexity index is 526. The van der Waals surface area contributed by atoms with Crippen LogP contribution in [0.15, 0.2) is 35.2 Å². The lowest BCUT2D eigenvalue weighted by molar-refractivity contribution is 0.313. The molecule has 0 aliphatic heterocycles. The van der Waals surface area contributed by atoms with Crippen LogP contribution in [0.3, 0.4) is 0 Å². The van der Waals surface area contributed by atoms with E-state index >= 15 is 0 Å². The molecule has 94 valence electrons. The van der Waals surface area contributed by atoms with Gasteiger partial charge in [-0.15, -0.1) is 6.58 Å². The normalized spacial score (nSPS) is 11.2. The van der Waals surface area contributed by atoms with E-state index < -0.39 is 10.0 Å². The van der Waals surface area contributed by atoms with E-state index in [1.165, 1.54) is 12.1 Å². The molecule has 0 aliphatic carbocycles. The third-order valence-electron chi connectivity index (χ3n) is 2.00. The molecule has 0 unspecified atom stereocenters. The molecule has 0 saturated carbocycles. The van der Waals surface area contributed by atoms with Crippen molar-refractivity contribution in [3.63, 3.8) is 0 Å². The van der Waals surface area contributed by atoms with Crippen molar-refractivity contribution in [2.45, 2.75) is 18.2 Å². The maximum absolute atomic E-state index is 11.3. The zero-order chi connectivity index (χ0) is 13.1. The van der Waals surface area contributed by atoms with Crippen molar-refractivity contribution >= 4 is 21.6 Å². The Balaban J connectivity index is 2.95. The summed E-state index contributed by atoms with van der Waals surface area (Å²) in [6.45, 7) is 5.94. The molecule has 0 radical (unpaired) electrons. The quantitative estimate of drug-likeness (QED) is 0.839. The number of rotatable bonds is 5. The summed E-state index contributed by atoms with van der Waals surface area (Å²) in [6, 6.07) is 4.31. The van der Waals surface area contributed by atoms with Crippen LogP contribution in [0.1, 0.15) is 13.3 Å². The lowest BCUT2D eigenvalue weighted by Gasteiger charge is -2.10. The van der Waals surface area contributed by atoms with Gasteiger partial charge in [0.2, 0.25) is 10.0 Å². The molecule has 6 heteroatoms. The van der Waals surface area contributed by atoms with Crippen LogP contribution in [0.5, 0.6) is 5.75 Å². The highest BCUT2D eigenvalue weighted by Crippen LogP contribution is 2.26. The summed E-state index contributed by atoms with van der Waals surface area (Å²) in [5.41, 5.74) is 0.955. The van der Waals surface area contributed by atoms with Gasteiger partial charge < -0.3 is 4.74 Å². The zero-order valence-corrected chi connectivity index (χ0v) is 11.0. The molecular formula is C11H14ClNO3S. The van der Waals surface area contributed by atoms with E-state index in [0.29, 0.717) is 18.1 Å². The Hall–Kier alpha value is -1.04. The molecule has 0 aliphatic rings. The maximum atomic E-state index is 11.3. The Morgan fingerprint density at radius 3 is 2.71 bits per heavy atom. The largest absolute Gasteiger partial charge is 0.492 e. The third kappa shape index (κ3) is 4.38. The molecule has 0 heterocycles. The van der Waals surface area contributed by atoms with Crippen molar-refractivity contribution in [1.82, 2.24) is 0 Å². The van der Waals surface area contributed by atoms with Crippen molar-refractivity contribution in [1.29, 1.82) is 0 Å². The van der Waals surface area contributed by atoms with Crippen LogP contribution in [0, 0.1) is 0 Å². The van der Waals surface area contributed by atoms with Crippen LogP contribution in [0.4, 0.5) is 0 Å². The molecule has 0 aromatic heterocycles. The van der Waals surface area contributed by atoms with Gasteiger partial charge in [-0.1, -0.05) is 17.2 Å². The Morgan fingerprint density at radius 1 is 1.53 bits per heavy atom. The lowest BCUT2D eigenvalue weighted by atomic mass is 10.2. The van der Waals surface area contributed by atoms with E-state index in [2.05, 4.69) is 6.58 Å². The first kappa shape index (κ1) is 14.0. The van der Waals surface area contributed by atoms with Crippen LogP contribution in [0.25, 0.3) is 0 Å². The molecule has 1 aromatic rings. The van der Waals surface area contributed by atoms with Crippen LogP contribution in [0.2, 0.25) is 5.02 Å². The van der Waals surface area contributed by atoms with Gasteiger partial charge in [-0.2, -0.15) is 0 Å². The SMILES string of the molecule is C=C(C)CCOc1ccc(Cl)cc1S(N)(=O)=O. The second-order valence-electron chi connectivity index (χ2n) is 3.69.